The van der Waals surface area contributed by atoms with Gasteiger partial charge < -0.3 is 19.5 Å². The van der Waals surface area contributed by atoms with Crippen LogP contribution in [0.15, 0.2) is 18.3 Å². The van der Waals surface area contributed by atoms with E-state index in [9.17, 15) is 0 Å². The van der Waals surface area contributed by atoms with Gasteiger partial charge in [-0.05, 0) is 19.1 Å². The standard InChI is InChI=1S/C14H24N2O3/c1-3-18-8-4-9-19-14-6-5-13(16-12-14)11-15-7-10-17-2/h5-6,12,15H,3-4,7-11H2,1-2H3. The summed E-state index contributed by atoms with van der Waals surface area (Å²) in [7, 11) is 1.69. The maximum absolute atomic E-state index is 5.57. The van der Waals surface area contributed by atoms with Gasteiger partial charge in [-0.3, -0.25) is 4.98 Å². The highest BCUT2D eigenvalue weighted by atomic mass is 16.5. The number of rotatable bonds is 11. The number of pyridine rings is 1. The number of aromatic nitrogens is 1. The first kappa shape index (κ1) is 15.9. The molecule has 1 aromatic rings. The summed E-state index contributed by atoms with van der Waals surface area (Å²) in [4.78, 5) is 4.33. The lowest BCUT2D eigenvalue weighted by atomic mass is 10.3. The number of ether oxygens (including phenoxy) is 3. The highest BCUT2D eigenvalue weighted by Crippen LogP contribution is 2.09. The van der Waals surface area contributed by atoms with Crippen LogP contribution < -0.4 is 10.1 Å². The molecular formula is C14H24N2O3. The molecule has 0 aliphatic rings. The average molecular weight is 268 g/mol. The average Bonchev–Trinajstić information content (AvgIpc) is 2.45. The molecule has 0 aliphatic heterocycles. The van der Waals surface area contributed by atoms with Crippen molar-refractivity contribution >= 4 is 0 Å². The van der Waals surface area contributed by atoms with Crippen molar-refractivity contribution in [1.82, 2.24) is 10.3 Å². The molecule has 1 aromatic heterocycles. The molecule has 0 radical (unpaired) electrons. The quantitative estimate of drug-likeness (QED) is 0.618. The van der Waals surface area contributed by atoms with Crippen LogP contribution in [0, 0.1) is 0 Å². The van der Waals surface area contributed by atoms with Crippen LogP contribution in [0.4, 0.5) is 0 Å². The third-order valence-corrected chi connectivity index (χ3v) is 2.49. The van der Waals surface area contributed by atoms with E-state index in [1.165, 1.54) is 0 Å². The van der Waals surface area contributed by atoms with E-state index in [1.54, 1.807) is 13.3 Å². The fourth-order valence-electron chi connectivity index (χ4n) is 1.49. The van der Waals surface area contributed by atoms with Crippen molar-refractivity contribution in [2.24, 2.45) is 0 Å². The molecule has 0 fully saturated rings. The summed E-state index contributed by atoms with van der Waals surface area (Å²) in [5.41, 5.74) is 0.998. The van der Waals surface area contributed by atoms with E-state index in [-0.39, 0.29) is 0 Å². The molecule has 0 aliphatic carbocycles. The number of methoxy groups -OCH3 is 1. The van der Waals surface area contributed by atoms with E-state index in [4.69, 9.17) is 14.2 Å². The lowest BCUT2D eigenvalue weighted by molar-refractivity contribution is 0.131. The fraction of sp³-hybridized carbons (Fsp3) is 0.643. The van der Waals surface area contributed by atoms with E-state index in [1.807, 2.05) is 19.1 Å². The molecule has 5 nitrogen and oxygen atoms in total. The van der Waals surface area contributed by atoms with Crippen molar-refractivity contribution in [3.05, 3.63) is 24.0 Å². The molecule has 0 unspecified atom stereocenters. The Morgan fingerprint density at radius 3 is 2.79 bits per heavy atom. The van der Waals surface area contributed by atoms with Crippen molar-refractivity contribution in [3.8, 4) is 5.75 Å². The van der Waals surface area contributed by atoms with Gasteiger partial charge in [-0.2, -0.15) is 0 Å². The Labute approximate surface area is 115 Å². The van der Waals surface area contributed by atoms with E-state index in [2.05, 4.69) is 10.3 Å². The molecule has 0 atom stereocenters. The lowest BCUT2D eigenvalue weighted by Crippen LogP contribution is -2.19. The third kappa shape index (κ3) is 7.77. The van der Waals surface area contributed by atoms with Gasteiger partial charge in [-0.1, -0.05) is 0 Å². The van der Waals surface area contributed by atoms with Crippen molar-refractivity contribution in [1.29, 1.82) is 0 Å². The second kappa shape index (κ2) is 10.7. The van der Waals surface area contributed by atoms with Crippen LogP contribution in [0.2, 0.25) is 0 Å². The Balaban J connectivity index is 2.16. The van der Waals surface area contributed by atoms with Crippen LogP contribution in [-0.4, -0.2) is 45.1 Å². The summed E-state index contributed by atoms with van der Waals surface area (Å²) in [5, 5.41) is 3.24. The molecular weight excluding hydrogens is 244 g/mol. The second-order valence-electron chi connectivity index (χ2n) is 4.05. The van der Waals surface area contributed by atoms with Crippen molar-refractivity contribution in [2.45, 2.75) is 19.9 Å². The summed E-state index contributed by atoms with van der Waals surface area (Å²) in [5.74, 6) is 0.803. The molecule has 0 amide bonds. The van der Waals surface area contributed by atoms with Crippen molar-refractivity contribution < 1.29 is 14.2 Å². The van der Waals surface area contributed by atoms with Gasteiger partial charge in [-0.25, -0.2) is 0 Å². The highest BCUT2D eigenvalue weighted by molar-refractivity contribution is 5.19. The Morgan fingerprint density at radius 2 is 2.11 bits per heavy atom. The predicted octanol–water partition coefficient (Wildman–Crippen LogP) is 1.62. The molecule has 0 saturated heterocycles. The minimum absolute atomic E-state index is 0.660. The number of hydrogen-bond acceptors (Lipinski definition) is 5. The number of nitrogens with one attached hydrogen (secondary N) is 1. The Hall–Kier alpha value is -1.17. The molecule has 0 saturated carbocycles. The zero-order chi connectivity index (χ0) is 13.8. The SMILES string of the molecule is CCOCCCOc1ccc(CNCCOC)nc1. The van der Waals surface area contributed by atoms with Crippen LogP contribution in [0.1, 0.15) is 19.0 Å². The van der Waals surface area contributed by atoms with Gasteiger partial charge in [0.05, 0.1) is 25.1 Å². The lowest BCUT2D eigenvalue weighted by Gasteiger charge is -2.07. The topological polar surface area (TPSA) is 52.6 Å². The Morgan fingerprint density at radius 1 is 1.21 bits per heavy atom. The van der Waals surface area contributed by atoms with Crippen LogP contribution in [0.25, 0.3) is 0 Å². The number of hydrogen-bond donors (Lipinski definition) is 1. The van der Waals surface area contributed by atoms with Gasteiger partial charge in [0.25, 0.3) is 0 Å². The molecule has 1 heterocycles. The van der Waals surface area contributed by atoms with Crippen LogP contribution >= 0.6 is 0 Å². The zero-order valence-corrected chi connectivity index (χ0v) is 11.9. The van der Waals surface area contributed by atoms with Gasteiger partial charge in [0.1, 0.15) is 5.75 Å². The van der Waals surface area contributed by atoms with Gasteiger partial charge in [-0.15, -0.1) is 0 Å². The molecule has 1 rings (SSSR count). The van der Waals surface area contributed by atoms with Crippen molar-refractivity contribution in [2.75, 3.05) is 40.1 Å². The van der Waals surface area contributed by atoms with E-state index in [0.29, 0.717) is 13.2 Å². The first-order valence-corrected chi connectivity index (χ1v) is 6.72. The Kier molecular flexibility index (Phi) is 8.97. The summed E-state index contributed by atoms with van der Waals surface area (Å²) < 4.78 is 15.8. The normalized spacial score (nSPS) is 10.6. The molecule has 19 heavy (non-hydrogen) atoms. The second-order valence-corrected chi connectivity index (χ2v) is 4.05. The molecule has 108 valence electrons. The minimum Gasteiger partial charge on any atom is -0.492 e. The predicted molar refractivity (Wildman–Crippen MR) is 74.4 cm³/mol. The van der Waals surface area contributed by atoms with Crippen LogP contribution in [0.3, 0.4) is 0 Å². The first-order chi connectivity index (χ1) is 9.36. The first-order valence-electron chi connectivity index (χ1n) is 6.72. The van der Waals surface area contributed by atoms with E-state index in [0.717, 1.165) is 44.2 Å². The summed E-state index contributed by atoms with van der Waals surface area (Å²) in [6.07, 6.45) is 2.65. The number of nitrogens with zero attached hydrogens (tertiary/aromatic N) is 1. The largest absolute Gasteiger partial charge is 0.492 e. The van der Waals surface area contributed by atoms with Crippen LogP contribution in [0.5, 0.6) is 5.75 Å². The molecule has 5 heteroatoms. The summed E-state index contributed by atoms with van der Waals surface area (Å²) in [6, 6.07) is 3.92. The van der Waals surface area contributed by atoms with Crippen molar-refractivity contribution in [3.63, 3.8) is 0 Å². The smallest absolute Gasteiger partial charge is 0.137 e. The molecule has 0 bridgehead atoms. The highest BCUT2D eigenvalue weighted by Gasteiger charge is 1.97. The third-order valence-electron chi connectivity index (χ3n) is 2.49. The van der Waals surface area contributed by atoms with Gasteiger partial charge in [0.15, 0.2) is 0 Å². The summed E-state index contributed by atoms with van der Waals surface area (Å²) >= 11 is 0. The van der Waals surface area contributed by atoms with Gasteiger partial charge >= 0.3 is 0 Å². The minimum atomic E-state index is 0.660. The van der Waals surface area contributed by atoms with Crippen LogP contribution in [-0.2, 0) is 16.0 Å². The fourth-order valence-corrected chi connectivity index (χ4v) is 1.49. The van der Waals surface area contributed by atoms with E-state index >= 15 is 0 Å². The zero-order valence-electron chi connectivity index (χ0n) is 11.9. The molecule has 0 spiro atoms. The van der Waals surface area contributed by atoms with E-state index < -0.39 is 0 Å². The monoisotopic (exact) mass is 268 g/mol. The van der Waals surface area contributed by atoms with Gasteiger partial charge in [0.2, 0.25) is 0 Å². The molecule has 0 aromatic carbocycles. The maximum Gasteiger partial charge on any atom is 0.137 e. The maximum atomic E-state index is 5.57. The van der Waals surface area contributed by atoms with Gasteiger partial charge in [0, 0.05) is 39.8 Å². The summed E-state index contributed by atoms with van der Waals surface area (Å²) in [6.45, 7) is 6.43. The Bertz CT molecular complexity index is 317. The molecule has 1 N–H and O–H groups in total.